The van der Waals surface area contributed by atoms with Crippen LogP contribution in [0, 0.1) is 0 Å². The minimum atomic E-state index is -4.39. The molecule has 0 radical (unpaired) electrons. The van der Waals surface area contributed by atoms with Crippen molar-refractivity contribution >= 4 is 5.82 Å². The molecule has 0 aliphatic heterocycles. The minimum Gasteiger partial charge on any atom is -0.508 e. The Hall–Kier alpha value is -2.24. The number of alkyl halides is 3. The predicted octanol–water partition coefficient (Wildman–Crippen LogP) is 3.98. The summed E-state index contributed by atoms with van der Waals surface area (Å²) in [6.07, 6.45) is -3.60. The zero-order valence-electron chi connectivity index (χ0n) is 10.6. The van der Waals surface area contributed by atoms with Crippen LogP contribution in [0.25, 0.3) is 0 Å². The Morgan fingerprint density at radius 1 is 1.20 bits per heavy atom. The molecule has 0 spiro atoms. The Bertz CT molecular complexity index is 582. The molecular weight excluding hydrogens is 269 g/mol. The quantitative estimate of drug-likeness (QED) is 0.895. The first-order valence-electron chi connectivity index (χ1n) is 5.95. The van der Waals surface area contributed by atoms with Crippen LogP contribution < -0.4 is 5.32 Å². The van der Waals surface area contributed by atoms with Crippen molar-refractivity contribution in [2.24, 2.45) is 0 Å². The molecule has 0 fully saturated rings. The highest BCUT2D eigenvalue weighted by molar-refractivity contribution is 5.40. The molecule has 2 rings (SSSR count). The summed E-state index contributed by atoms with van der Waals surface area (Å²) in [4.78, 5) is 3.74. The van der Waals surface area contributed by atoms with Gasteiger partial charge in [0.1, 0.15) is 11.6 Å². The summed E-state index contributed by atoms with van der Waals surface area (Å²) >= 11 is 0. The van der Waals surface area contributed by atoms with Crippen LogP contribution in [0.5, 0.6) is 5.75 Å². The van der Waals surface area contributed by atoms with Crippen LogP contribution in [0.2, 0.25) is 0 Å². The molecule has 1 aromatic heterocycles. The highest BCUT2D eigenvalue weighted by Gasteiger charge is 2.30. The molecule has 0 saturated heterocycles. The van der Waals surface area contributed by atoms with Gasteiger partial charge in [-0.05, 0) is 36.8 Å². The summed E-state index contributed by atoms with van der Waals surface area (Å²) < 4.78 is 37.2. The van der Waals surface area contributed by atoms with E-state index in [0.29, 0.717) is 5.82 Å². The summed E-state index contributed by atoms with van der Waals surface area (Å²) in [5.74, 6) is 0.477. The number of anilines is 1. The van der Waals surface area contributed by atoms with Crippen molar-refractivity contribution in [2.45, 2.75) is 19.1 Å². The summed E-state index contributed by atoms with van der Waals surface area (Å²) in [6.45, 7) is 1.83. The second-order valence-electron chi connectivity index (χ2n) is 4.39. The maximum Gasteiger partial charge on any atom is 0.417 e. The van der Waals surface area contributed by atoms with Gasteiger partial charge in [0, 0.05) is 6.20 Å². The van der Waals surface area contributed by atoms with Crippen molar-refractivity contribution in [3.63, 3.8) is 0 Å². The second-order valence-corrected chi connectivity index (χ2v) is 4.39. The number of halogens is 3. The standard InChI is InChI=1S/C14H13F3N2O/c1-9(10-3-2-4-12(20)7-10)19-13-6-5-11(8-18-13)14(15,16)17/h2-9,20H,1H3,(H,18,19)/t9-/m0/s1. The average molecular weight is 282 g/mol. The smallest absolute Gasteiger partial charge is 0.417 e. The Labute approximate surface area is 114 Å². The van der Waals surface area contributed by atoms with Gasteiger partial charge in [-0.25, -0.2) is 4.98 Å². The third-order valence-electron chi connectivity index (χ3n) is 2.83. The van der Waals surface area contributed by atoms with Gasteiger partial charge in [-0.2, -0.15) is 13.2 Å². The maximum atomic E-state index is 12.4. The number of hydrogen-bond acceptors (Lipinski definition) is 3. The number of pyridine rings is 1. The lowest BCUT2D eigenvalue weighted by atomic mass is 10.1. The molecule has 0 aliphatic carbocycles. The maximum absolute atomic E-state index is 12.4. The molecule has 1 heterocycles. The normalized spacial score (nSPS) is 13.0. The van der Waals surface area contributed by atoms with Crippen molar-refractivity contribution in [1.29, 1.82) is 0 Å². The number of rotatable bonds is 3. The van der Waals surface area contributed by atoms with Crippen LogP contribution in [0.15, 0.2) is 42.6 Å². The Balaban J connectivity index is 2.10. The molecule has 1 aromatic carbocycles. The molecule has 1 atom stereocenters. The van der Waals surface area contributed by atoms with Gasteiger partial charge in [0.15, 0.2) is 0 Å². The number of hydrogen-bond donors (Lipinski definition) is 2. The first-order valence-corrected chi connectivity index (χ1v) is 5.95. The molecule has 0 aliphatic rings. The van der Waals surface area contributed by atoms with Crippen molar-refractivity contribution in [2.75, 3.05) is 5.32 Å². The van der Waals surface area contributed by atoms with E-state index >= 15 is 0 Å². The largest absolute Gasteiger partial charge is 0.508 e. The number of benzene rings is 1. The van der Waals surface area contributed by atoms with E-state index in [1.807, 2.05) is 13.0 Å². The highest BCUT2D eigenvalue weighted by atomic mass is 19.4. The van der Waals surface area contributed by atoms with E-state index in [0.717, 1.165) is 17.8 Å². The number of aromatic nitrogens is 1. The Kier molecular flexibility index (Phi) is 3.83. The fourth-order valence-corrected chi connectivity index (χ4v) is 1.75. The lowest BCUT2D eigenvalue weighted by molar-refractivity contribution is -0.137. The van der Waals surface area contributed by atoms with Crippen LogP contribution in [0.4, 0.5) is 19.0 Å². The van der Waals surface area contributed by atoms with E-state index in [4.69, 9.17) is 0 Å². The lowest BCUT2D eigenvalue weighted by Crippen LogP contribution is -2.09. The Morgan fingerprint density at radius 3 is 2.50 bits per heavy atom. The minimum absolute atomic E-state index is 0.136. The molecular formula is C14H13F3N2O. The molecule has 20 heavy (non-hydrogen) atoms. The fourth-order valence-electron chi connectivity index (χ4n) is 1.75. The molecule has 106 valence electrons. The van der Waals surface area contributed by atoms with E-state index in [1.54, 1.807) is 18.2 Å². The summed E-state index contributed by atoms with van der Waals surface area (Å²) in [6, 6.07) is 8.71. The SMILES string of the molecule is C[C@H](Nc1ccc(C(F)(F)F)cn1)c1cccc(O)c1. The number of phenolic OH excluding ortho intramolecular Hbond substituents is 1. The van der Waals surface area contributed by atoms with Gasteiger partial charge in [-0.3, -0.25) is 0 Å². The zero-order valence-corrected chi connectivity index (χ0v) is 10.6. The predicted molar refractivity (Wildman–Crippen MR) is 69.4 cm³/mol. The van der Waals surface area contributed by atoms with E-state index in [-0.39, 0.29) is 11.8 Å². The molecule has 2 aromatic rings. The highest BCUT2D eigenvalue weighted by Crippen LogP contribution is 2.29. The van der Waals surface area contributed by atoms with Gasteiger partial charge in [-0.1, -0.05) is 12.1 Å². The van der Waals surface area contributed by atoms with Gasteiger partial charge in [0.05, 0.1) is 11.6 Å². The lowest BCUT2D eigenvalue weighted by Gasteiger charge is -2.15. The van der Waals surface area contributed by atoms with Gasteiger partial charge >= 0.3 is 6.18 Å². The van der Waals surface area contributed by atoms with Crippen LogP contribution in [-0.2, 0) is 6.18 Å². The molecule has 0 amide bonds. The van der Waals surface area contributed by atoms with Crippen molar-refractivity contribution in [1.82, 2.24) is 4.98 Å². The molecule has 0 saturated carbocycles. The van der Waals surface area contributed by atoms with Gasteiger partial charge in [0.2, 0.25) is 0 Å². The second kappa shape index (κ2) is 5.40. The van der Waals surface area contributed by atoms with E-state index < -0.39 is 11.7 Å². The molecule has 0 bridgehead atoms. The number of aromatic hydroxyl groups is 1. The van der Waals surface area contributed by atoms with E-state index in [2.05, 4.69) is 10.3 Å². The monoisotopic (exact) mass is 282 g/mol. The van der Waals surface area contributed by atoms with Crippen molar-refractivity contribution in [3.05, 3.63) is 53.7 Å². The van der Waals surface area contributed by atoms with E-state index in [9.17, 15) is 18.3 Å². The van der Waals surface area contributed by atoms with Crippen LogP contribution >= 0.6 is 0 Å². The first kappa shape index (κ1) is 14.2. The molecule has 2 N–H and O–H groups in total. The number of nitrogens with one attached hydrogen (secondary N) is 1. The average Bonchev–Trinajstić information content (AvgIpc) is 2.38. The summed E-state index contributed by atoms with van der Waals surface area (Å²) in [7, 11) is 0. The first-order chi connectivity index (χ1) is 9.36. The topological polar surface area (TPSA) is 45.2 Å². The van der Waals surface area contributed by atoms with Crippen LogP contribution in [-0.4, -0.2) is 10.1 Å². The summed E-state index contributed by atoms with van der Waals surface area (Å²) in [5, 5.41) is 12.4. The fraction of sp³-hybridized carbons (Fsp3) is 0.214. The third-order valence-corrected chi connectivity index (χ3v) is 2.83. The summed E-state index contributed by atoms with van der Waals surface area (Å²) in [5.41, 5.74) is 0.0276. The third kappa shape index (κ3) is 3.40. The van der Waals surface area contributed by atoms with Crippen LogP contribution in [0.1, 0.15) is 24.1 Å². The number of nitrogens with zero attached hydrogens (tertiary/aromatic N) is 1. The van der Waals surface area contributed by atoms with Crippen LogP contribution in [0.3, 0.4) is 0 Å². The number of phenols is 1. The van der Waals surface area contributed by atoms with Crippen molar-refractivity contribution in [3.8, 4) is 5.75 Å². The molecule has 0 unspecified atom stereocenters. The molecule has 6 heteroatoms. The van der Waals surface area contributed by atoms with Gasteiger partial charge < -0.3 is 10.4 Å². The van der Waals surface area contributed by atoms with Crippen molar-refractivity contribution < 1.29 is 18.3 Å². The van der Waals surface area contributed by atoms with Gasteiger partial charge in [0.25, 0.3) is 0 Å². The molecule has 3 nitrogen and oxygen atoms in total. The van der Waals surface area contributed by atoms with Gasteiger partial charge in [-0.15, -0.1) is 0 Å². The van der Waals surface area contributed by atoms with E-state index in [1.165, 1.54) is 6.07 Å². The zero-order chi connectivity index (χ0) is 14.8. The Morgan fingerprint density at radius 2 is 1.95 bits per heavy atom.